The van der Waals surface area contributed by atoms with Gasteiger partial charge in [-0.15, -0.1) is 35.4 Å². The number of rotatable bonds is 3. The van der Waals surface area contributed by atoms with Gasteiger partial charge in [0.1, 0.15) is 0 Å². The van der Waals surface area contributed by atoms with Crippen LogP contribution in [0.15, 0.2) is 84.9 Å². The smallest absolute Gasteiger partial charge is 0.366 e. The van der Waals surface area contributed by atoms with Gasteiger partial charge in [0.25, 0.3) is 0 Å². The molecule has 48 heavy (non-hydrogen) atoms. The van der Waals surface area contributed by atoms with Crippen LogP contribution in [0.25, 0.3) is 22.3 Å². The first-order valence-electron chi connectivity index (χ1n) is 17.3. The fraction of sp³-hybridized carbons (Fsp3) is 0.364. The number of benzene rings is 4. The van der Waals surface area contributed by atoms with E-state index in [4.69, 9.17) is 12.8 Å². The van der Waals surface area contributed by atoms with E-state index in [-0.39, 0.29) is 60.6 Å². The SMILES string of the molecule is C[C@H]1CC[C@H](C)[PH+]1CC[PH+]1[C@@H](C)CC[C@@H]1C.[Au+].[Au+].[C-]#Cc1ccc2c(c1)-c1ccccc1C2.[C-]#Cc1ccc2c(c1)-c1ccccc1C2. The van der Waals surface area contributed by atoms with Crippen LogP contribution in [0, 0.1) is 24.7 Å². The molecule has 4 aliphatic rings. The van der Waals surface area contributed by atoms with Crippen LogP contribution in [0.3, 0.4) is 0 Å². The molecule has 2 heterocycles. The minimum absolute atomic E-state index is 0. The Morgan fingerprint density at radius 1 is 0.500 bits per heavy atom. The van der Waals surface area contributed by atoms with Crippen molar-refractivity contribution in [3.63, 3.8) is 0 Å². The van der Waals surface area contributed by atoms with Gasteiger partial charge in [0.15, 0.2) is 0 Å². The van der Waals surface area contributed by atoms with Gasteiger partial charge in [0.2, 0.25) is 0 Å². The molecule has 4 heteroatoms. The van der Waals surface area contributed by atoms with Crippen LogP contribution in [-0.2, 0) is 57.6 Å². The molecule has 0 spiro atoms. The fourth-order valence-corrected chi connectivity index (χ4v) is 16.8. The zero-order chi connectivity index (χ0) is 32.2. The molecule has 2 fully saturated rings. The standard InChI is InChI=1S/2C15H9.C14H28P2.2Au/c2*1-2-11-7-8-13-10-12-5-3-4-6-14(12)15(13)9-11;1-11-5-6-12(2)15(11)9-10-16-13(3)7-8-14(16)4;;/h2*3-9H,10H2;11-14H,5-10H2,1-4H3;;/q2*-1;;2*+1/p+2/t;;11-,12-,13-,14-;;/m..0../s1. The quantitative estimate of drug-likeness (QED) is 0.0717. The molecule has 0 saturated carbocycles. The summed E-state index contributed by atoms with van der Waals surface area (Å²) in [5.41, 5.74) is 16.8. The molecule has 4 atom stereocenters. The molecule has 0 bridgehead atoms. The van der Waals surface area contributed by atoms with Gasteiger partial charge < -0.3 is 12.8 Å². The third-order valence-corrected chi connectivity index (χ3v) is 19.6. The molecule has 0 amide bonds. The summed E-state index contributed by atoms with van der Waals surface area (Å²) in [6.45, 7) is 10.2. The molecule has 4 aromatic rings. The average molecular weight is 1030 g/mol. The minimum atomic E-state index is 0. The predicted molar refractivity (Wildman–Crippen MR) is 205 cm³/mol. The van der Waals surface area contributed by atoms with Gasteiger partial charge in [-0.2, -0.15) is 0 Å². The van der Waals surface area contributed by atoms with Crippen molar-refractivity contribution in [3.8, 4) is 34.1 Å². The molecule has 0 nitrogen and oxygen atoms in total. The molecule has 0 unspecified atom stereocenters. The van der Waals surface area contributed by atoms with Crippen LogP contribution >= 0.6 is 15.8 Å². The maximum Gasteiger partial charge on any atom is 1.00 e. The van der Waals surface area contributed by atoms with Crippen molar-refractivity contribution < 1.29 is 44.8 Å². The molecule has 0 aromatic heterocycles. The van der Waals surface area contributed by atoms with E-state index in [1.807, 2.05) is 24.3 Å². The van der Waals surface area contributed by atoms with Gasteiger partial charge in [-0.25, -0.2) is 0 Å². The van der Waals surface area contributed by atoms with E-state index in [9.17, 15) is 0 Å². The molecule has 4 aromatic carbocycles. The second-order valence-electron chi connectivity index (χ2n) is 14.1. The van der Waals surface area contributed by atoms with Crippen molar-refractivity contribution in [1.29, 1.82) is 0 Å². The van der Waals surface area contributed by atoms with Crippen molar-refractivity contribution in [2.45, 2.75) is 88.9 Å². The van der Waals surface area contributed by atoms with Crippen molar-refractivity contribution in [2.75, 3.05) is 12.3 Å². The van der Waals surface area contributed by atoms with E-state index in [0.29, 0.717) is 0 Å². The zero-order valence-corrected chi connectivity index (χ0v) is 35.0. The molecule has 254 valence electrons. The van der Waals surface area contributed by atoms with Crippen LogP contribution in [0.1, 0.15) is 86.8 Å². The average Bonchev–Trinajstić information content (AvgIpc) is 3.83. The fourth-order valence-electron chi connectivity index (χ4n) is 8.39. The first-order chi connectivity index (χ1) is 22.4. The summed E-state index contributed by atoms with van der Waals surface area (Å²) >= 11 is 0. The molecule has 8 rings (SSSR count). The van der Waals surface area contributed by atoms with Gasteiger partial charge >= 0.3 is 44.8 Å². The van der Waals surface area contributed by atoms with E-state index in [0.717, 1.165) is 46.6 Å². The summed E-state index contributed by atoms with van der Waals surface area (Å²) in [5.74, 6) is 4.87. The van der Waals surface area contributed by atoms with Crippen LogP contribution in [-0.4, -0.2) is 35.0 Å². The van der Waals surface area contributed by atoms with Crippen LogP contribution in [0.2, 0.25) is 0 Å². The normalized spacial score (nSPS) is 21.3. The second kappa shape index (κ2) is 18.0. The van der Waals surface area contributed by atoms with E-state index in [2.05, 4.69) is 100 Å². The first kappa shape index (κ1) is 39.1. The summed E-state index contributed by atoms with van der Waals surface area (Å²) in [6, 6.07) is 29.1. The molecule has 2 saturated heterocycles. The molecule has 0 radical (unpaired) electrons. The summed E-state index contributed by atoms with van der Waals surface area (Å²) in [7, 11) is 0.0490. The Balaban J connectivity index is 0.000000159. The third-order valence-electron chi connectivity index (χ3n) is 11.2. The Hall–Kier alpha value is -1.66. The monoisotopic (exact) mass is 1030 g/mol. The van der Waals surface area contributed by atoms with E-state index in [1.165, 1.54) is 44.5 Å². The zero-order valence-electron chi connectivity index (χ0n) is 28.7. The maximum absolute atomic E-state index is 7.14. The summed E-state index contributed by atoms with van der Waals surface area (Å²) in [6.07, 6.45) is 25.8. The topological polar surface area (TPSA) is 0 Å². The number of hydrogen-bond donors (Lipinski definition) is 0. The summed E-state index contributed by atoms with van der Waals surface area (Å²) in [5, 5.41) is 0. The molecular formula is C44H48Au2P2+2. The minimum Gasteiger partial charge on any atom is -0.366 e. The van der Waals surface area contributed by atoms with Crippen molar-refractivity contribution >= 4 is 15.8 Å². The first-order valence-corrected chi connectivity index (χ1v) is 21.1. The molecule has 0 N–H and O–H groups in total. The van der Waals surface area contributed by atoms with Gasteiger partial charge in [-0.05, 0) is 111 Å². The van der Waals surface area contributed by atoms with Gasteiger partial charge in [-0.1, -0.05) is 60.7 Å². The largest absolute Gasteiger partial charge is 1.00 e. The van der Waals surface area contributed by atoms with E-state index >= 15 is 0 Å². The van der Waals surface area contributed by atoms with Crippen molar-refractivity contribution in [2.24, 2.45) is 0 Å². The molecule has 2 aliphatic heterocycles. The second-order valence-corrected chi connectivity index (χ2v) is 21.3. The summed E-state index contributed by atoms with van der Waals surface area (Å²) < 4.78 is 0. The van der Waals surface area contributed by atoms with Crippen LogP contribution in [0.4, 0.5) is 0 Å². The van der Waals surface area contributed by atoms with E-state index in [1.54, 1.807) is 38.0 Å². The predicted octanol–water partition coefficient (Wildman–Crippen LogP) is 10.9. The third kappa shape index (κ3) is 8.79. The summed E-state index contributed by atoms with van der Waals surface area (Å²) in [4.78, 5) is 0. The van der Waals surface area contributed by atoms with Crippen molar-refractivity contribution in [1.82, 2.24) is 0 Å². The maximum atomic E-state index is 7.14. The molecule has 2 aliphatic carbocycles. The van der Waals surface area contributed by atoms with Crippen LogP contribution < -0.4 is 0 Å². The molecular weight excluding hydrogens is 984 g/mol. The Morgan fingerprint density at radius 2 is 0.833 bits per heavy atom. The van der Waals surface area contributed by atoms with Crippen molar-refractivity contribution in [3.05, 3.63) is 131 Å². The Labute approximate surface area is 324 Å². The van der Waals surface area contributed by atoms with Gasteiger partial charge in [0, 0.05) is 15.8 Å². The number of hydrogen-bond acceptors (Lipinski definition) is 0. The van der Waals surface area contributed by atoms with E-state index < -0.39 is 0 Å². The van der Waals surface area contributed by atoms with Crippen LogP contribution in [0.5, 0.6) is 0 Å². The Kier molecular flexibility index (Phi) is 14.7. The number of fused-ring (bicyclic) bond motifs is 6. The van der Waals surface area contributed by atoms with Gasteiger partial charge in [0.05, 0.1) is 35.0 Å². The Bertz CT molecular complexity index is 1630. The Morgan fingerprint density at radius 3 is 1.19 bits per heavy atom. The van der Waals surface area contributed by atoms with Gasteiger partial charge in [-0.3, -0.25) is 11.8 Å².